The van der Waals surface area contributed by atoms with Crippen molar-refractivity contribution in [1.82, 2.24) is 29.9 Å². The second-order valence-electron chi connectivity index (χ2n) is 7.81. The Bertz CT molecular complexity index is 1000. The van der Waals surface area contributed by atoms with Gasteiger partial charge in [0, 0.05) is 56.9 Å². The van der Waals surface area contributed by atoms with Crippen molar-refractivity contribution in [3.8, 4) is 5.82 Å². The van der Waals surface area contributed by atoms with Crippen LogP contribution >= 0.6 is 11.3 Å². The van der Waals surface area contributed by atoms with Gasteiger partial charge in [-0.15, -0.1) is 10.2 Å². The van der Waals surface area contributed by atoms with Gasteiger partial charge in [-0.2, -0.15) is 5.10 Å². The van der Waals surface area contributed by atoms with Gasteiger partial charge < -0.3 is 14.5 Å². The molecule has 2 aliphatic rings. The molecule has 2 aliphatic heterocycles. The number of aromatic nitrogens is 6. The molecule has 29 heavy (non-hydrogen) atoms. The first-order valence-electron chi connectivity index (χ1n) is 9.77. The molecule has 0 spiro atoms. The predicted molar refractivity (Wildman–Crippen MR) is 111 cm³/mol. The molecular formula is C19H24N8OS. The lowest BCUT2D eigenvalue weighted by atomic mass is 10.0. The average molecular weight is 413 g/mol. The summed E-state index contributed by atoms with van der Waals surface area (Å²) in [6.07, 6.45) is 1.64. The van der Waals surface area contributed by atoms with E-state index in [0.29, 0.717) is 18.4 Å². The fraction of sp³-hybridized carbons (Fsp3) is 0.526. The molecule has 10 heteroatoms. The van der Waals surface area contributed by atoms with E-state index in [1.807, 2.05) is 24.6 Å². The minimum absolute atomic E-state index is 0.525. The maximum absolute atomic E-state index is 5.16. The molecule has 2 saturated heterocycles. The van der Waals surface area contributed by atoms with E-state index in [9.17, 15) is 0 Å². The highest BCUT2D eigenvalue weighted by Crippen LogP contribution is 2.36. The van der Waals surface area contributed by atoms with Crippen molar-refractivity contribution in [3.63, 3.8) is 0 Å². The van der Waals surface area contributed by atoms with Crippen molar-refractivity contribution in [3.05, 3.63) is 34.9 Å². The number of ether oxygens (including phenoxy) is 1. The molecule has 0 saturated carbocycles. The van der Waals surface area contributed by atoms with Gasteiger partial charge in [-0.25, -0.2) is 14.6 Å². The van der Waals surface area contributed by atoms with Gasteiger partial charge in [-0.3, -0.25) is 0 Å². The highest BCUT2D eigenvalue weighted by molar-refractivity contribution is 7.15. The summed E-state index contributed by atoms with van der Waals surface area (Å²) >= 11 is 1.63. The highest BCUT2D eigenvalue weighted by atomic mass is 32.1. The summed E-state index contributed by atoms with van der Waals surface area (Å²) < 4.78 is 7.04. The fourth-order valence-corrected chi connectivity index (χ4v) is 5.21. The number of hydrogen-bond donors (Lipinski definition) is 0. The molecule has 0 radical (unpaired) electrons. The van der Waals surface area contributed by atoms with E-state index in [1.165, 1.54) is 0 Å². The zero-order valence-corrected chi connectivity index (χ0v) is 17.6. The van der Waals surface area contributed by atoms with Crippen LogP contribution in [-0.2, 0) is 11.3 Å². The van der Waals surface area contributed by atoms with Gasteiger partial charge in [0.05, 0.1) is 5.69 Å². The molecule has 152 valence electrons. The Kier molecular flexibility index (Phi) is 4.67. The molecule has 0 bridgehead atoms. The molecule has 2 unspecified atom stereocenters. The van der Waals surface area contributed by atoms with Crippen molar-refractivity contribution in [1.29, 1.82) is 0 Å². The number of rotatable bonds is 5. The molecule has 2 atom stereocenters. The van der Waals surface area contributed by atoms with Crippen LogP contribution in [-0.4, -0.2) is 63.2 Å². The Morgan fingerprint density at radius 3 is 2.41 bits per heavy atom. The SMILES string of the molecule is COCc1nnc(N2CC3CN(c4cc(-n5nc(C)cc5C)ncn4)CC3C2)s1. The molecule has 5 rings (SSSR count). The Hall–Kier alpha value is -2.59. The van der Waals surface area contributed by atoms with Crippen LogP contribution in [0, 0.1) is 25.7 Å². The quantitative estimate of drug-likeness (QED) is 0.628. The van der Waals surface area contributed by atoms with E-state index in [1.54, 1.807) is 24.8 Å². The number of hydrogen-bond acceptors (Lipinski definition) is 9. The lowest BCUT2D eigenvalue weighted by molar-refractivity contribution is 0.184. The maximum Gasteiger partial charge on any atom is 0.208 e. The Morgan fingerprint density at radius 1 is 1.00 bits per heavy atom. The van der Waals surface area contributed by atoms with E-state index in [-0.39, 0.29) is 0 Å². The molecule has 2 fully saturated rings. The second kappa shape index (κ2) is 7.34. The van der Waals surface area contributed by atoms with E-state index in [4.69, 9.17) is 4.74 Å². The Labute approximate surface area is 173 Å². The Balaban J connectivity index is 1.28. The third kappa shape index (κ3) is 3.46. The summed E-state index contributed by atoms with van der Waals surface area (Å²) in [5, 5.41) is 15.0. The number of methoxy groups -OCH3 is 1. The molecule has 3 aromatic heterocycles. The van der Waals surface area contributed by atoms with Crippen LogP contribution in [0.5, 0.6) is 0 Å². The van der Waals surface area contributed by atoms with Crippen LogP contribution in [0.1, 0.15) is 16.4 Å². The van der Waals surface area contributed by atoms with Crippen LogP contribution < -0.4 is 9.80 Å². The van der Waals surface area contributed by atoms with E-state index >= 15 is 0 Å². The second-order valence-corrected chi connectivity index (χ2v) is 8.86. The minimum Gasteiger partial charge on any atom is -0.377 e. The van der Waals surface area contributed by atoms with E-state index in [0.717, 1.165) is 59.3 Å². The van der Waals surface area contributed by atoms with Crippen molar-refractivity contribution in [2.75, 3.05) is 43.1 Å². The van der Waals surface area contributed by atoms with Crippen molar-refractivity contribution < 1.29 is 4.74 Å². The molecule has 0 aromatic carbocycles. The van der Waals surface area contributed by atoms with Gasteiger partial charge >= 0.3 is 0 Å². The van der Waals surface area contributed by atoms with Crippen LogP contribution in [0.3, 0.4) is 0 Å². The lowest BCUT2D eigenvalue weighted by Crippen LogP contribution is -2.29. The number of anilines is 2. The minimum atomic E-state index is 0.525. The first-order valence-corrected chi connectivity index (χ1v) is 10.6. The van der Waals surface area contributed by atoms with Crippen LogP contribution in [0.25, 0.3) is 5.82 Å². The van der Waals surface area contributed by atoms with Gasteiger partial charge in [0.2, 0.25) is 5.13 Å². The van der Waals surface area contributed by atoms with Gasteiger partial charge in [0.15, 0.2) is 5.82 Å². The molecule has 3 aromatic rings. The standard InChI is InChI=1S/C19H24N8OS/c1-12-4-13(2)27(24-12)17-5-16(20-11-21-17)25-6-14-8-26(9-15(14)7-25)19-23-22-18(29-19)10-28-3/h4-5,11,14-15H,6-10H2,1-3H3. The third-order valence-corrected chi connectivity index (χ3v) is 6.63. The summed E-state index contributed by atoms with van der Waals surface area (Å²) in [5.74, 6) is 3.01. The smallest absolute Gasteiger partial charge is 0.208 e. The zero-order chi connectivity index (χ0) is 20.0. The van der Waals surface area contributed by atoms with Crippen molar-refractivity contribution in [2.24, 2.45) is 11.8 Å². The summed E-state index contributed by atoms with van der Waals surface area (Å²) in [7, 11) is 1.68. The lowest BCUT2D eigenvalue weighted by Gasteiger charge is -2.22. The van der Waals surface area contributed by atoms with Crippen LogP contribution in [0.2, 0.25) is 0 Å². The summed E-state index contributed by atoms with van der Waals surface area (Å²) in [6.45, 7) is 8.59. The first kappa shape index (κ1) is 18.4. The van der Waals surface area contributed by atoms with E-state index < -0.39 is 0 Å². The maximum atomic E-state index is 5.16. The molecule has 0 aliphatic carbocycles. The normalized spacial score (nSPS) is 21.2. The zero-order valence-electron chi connectivity index (χ0n) is 16.8. The monoisotopic (exact) mass is 412 g/mol. The predicted octanol–water partition coefficient (Wildman–Crippen LogP) is 1.85. The van der Waals surface area contributed by atoms with Gasteiger partial charge in [-0.05, 0) is 19.9 Å². The Morgan fingerprint density at radius 2 is 1.72 bits per heavy atom. The summed E-state index contributed by atoms with van der Waals surface area (Å²) in [5.41, 5.74) is 2.06. The number of fused-ring (bicyclic) bond motifs is 1. The van der Waals surface area contributed by atoms with Crippen molar-refractivity contribution in [2.45, 2.75) is 20.5 Å². The molecule has 9 nitrogen and oxygen atoms in total. The summed E-state index contributed by atoms with van der Waals surface area (Å²) in [6, 6.07) is 4.10. The van der Waals surface area contributed by atoms with E-state index in [2.05, 4.69) is 41.1 Å². The molecule has 0 N–H and O–H groups in total. The number of nitrogens with zero attached hydrogens (tertiary/aromatic N) is 8. The fourth-order valence-electron chi connectivity index (χ4n) is 4.38. The van der Waals surface area contributed by atoms with Gasteiger partial charge in [0.25, 0.3) is 0 Å². The van der Waals surface area contributed by atoms with Crippen LogP contribution in [0.4, 0.5) is 10.9 Å². The van der Waals surface area contributed by atoms with Crippen molar-refractivity contribution >= 4 is 22.3 Å². The molecule has 5 heterocycles. The molecule has 0 amide bonds. The highest BCUT2D eigenvalue weighted by Gasteiger charge is 2.41. The largest absolute Gasteiger partial charge is 0.377 e. The van der Waals surface area contributed by atoms with Crippen LogP contribution in [0.15, 0.2) is 18.5 Å². The first-order chi connectivity index (χ1) is 14.1. The summed E-state index contributed by atoms with van der Waals surface area (Å²) in [4.78, 5) is 13.7. The third-order valence-electron chi connectivity index (χ3n) is 5.67. The number of aryl methyl sites for hydroxylation is 2. The van der Waals surface area contributed by atoms with Gasteiger partial charge in [0.1, 0.15) is 23.8 Å². The van der Waals surface area contributed by atoms with Gasteiger partial charge in [-0.1, -0.05) is 11.3 Å². The average Bonchev–Trinajstić information content (AvgIpc) is 3.45. The topological polar surface area (TPSA) is 85.1 Å². The molecular weight excluding hydrogens is 388 g/mol.